The van der Waals surface area contributed by atoms with E-state index in [9.17, 15) is 19.7 Å². The van der Waals surface area contributed by atoms with Crippen molar-refractivity contribution in [3.8, 4) is 11.5 Å². The minimum Gasteiger partial charge on any atom is -0.494 e. The second kappa shape index (κ2) is 12.3. The van der Waals surface area contributed by atoms with Crippen LogP contribution in [0.25, 0.3) is 0 Å². The molecule has 0 fully saturated rings. The Hall–Kier alpha value is -3.62. The van der Waals surface area contributed by atoms with E-state index in [2.05, 4.69) is 5.32 Å². The monoisotopic (exact) mass is 444 g/mol. The number of para-hydroxylation sites is 1. The van der Waals surface area contributed by atoms with E-state index in [0.29, 0.717) is 18.1 Å². The summed E-state index contributed by atoms with van der Waals surface area (Å²) in [5, 5.41) is 14.1. The fourth-order valence-electron chi connectivity index (χ4n) is 2.90. The lowest BCUT2D eigenvalue weighted by Gasteiger charge is -2.19. The topological polar surface area (TPSA) is 117 Å². The Bertz CT molecular complexity index is 913. The standard InChI is InChI=1S/C23H28N2O7/c1-4-13-30-17-9-11-18(12-10-17)31-15-22(26)24-20(14-23(27)32-16(2)3)19-7-5-6-8-21(19)25(28)29/h5-12,16,20H,4,13-15H2,1-3H3,(H,24,26). The normalized spacial score (nSPS) is 11.5. The van der Waals surface area contributed by atoms with E-state index in [-0.39, 0.29) is 30.4 Å². The van der Waals surface area contributed by atoms with Gasteiger partial charge in [-0.3, -0.25) is 19.7 Å². The molecule has 1 atom stereocenters. The fourth-order valence-corrected chi connectivity index (χ4v) is 2.90. The van der Waals surface area contributed by atoms with E-state index in [4.69, 9.17) is 14.2 Å². The molecule has 0 spiro atoms. The van der Waals surface area contributed by atoms with Crippen molar-refractivity contribution in [3.63, 3.8) is 0 Å². The summed E-state index contributed by atoms with van der Waals surface area (Å²) in [7, 11) is 0. The lowest BCUT2D eigenvalue weighted by Crippen LogP contribution is -2.34. The van der Waals surface area contributed by atoms with E-state index < -0.39 is 22.8 Å². The molecule has 0 saturated carbocycles. The van der Waals surface area contributed by atoms with Crippen LogP contribution < -0.4 is 14.8 Å². The zero-order valence-electron chi connectivity index (χ0n) is 18.4. The second-order valence-corrected chi connectivity index (χ2v) is 7.29. The Labute approximate surface area is 186 Å². The first-order valence-corrected chi connectivity index (χ1v) is 10.4. The molecule has 0 aliphatic rings. The number of hydrogen-bond acceptors (Lipinski definition) is 7. The summed E-state index contributed by atoms with van der Waals surface area (Å²) < 4.78 is 16.1. The number of nitro benzene ring substituents is 1. The van der Waals surface area contributed by atoms with Gasteiger partial charge in [-0.05, 0) is 44.5 Å². The molecule has 2 aromatic carbocycles. The Morgan fingerprint density at radius 3 is 2.25 bits per heavy atom. The molecule has 0 bridgehead atoms. The summed E-state index contributed by atoms with van der Waals surface area (Å²) in [6.45, 7) is 5.68. The molecule has 0 radical (unpaired) electrons. The van der Waals surface area contributed by atoms with Gasteiger partial charge < -0.3 is 19.5 Å². The summed E-state index contributed by atoms with van der Waals surface area (Å²) in [6.07, 6.45) is 0.291. The van der Waals surface area contributed by atoms with Crippen LogP contribution in [0.3, 0.4) is 0 Å². The Morgan fingerprint density at radius 1 is 1.03 bits per heavy atom. The van der Waals surface area contributed by atoms with Gasteiger partial charge in [0.05, 0.1) is 35.7 Å². The number of carbonyl (C=O) groups is 2. The van der Waals surface area contributed by atoms with Crippen molar-refractivity contribution in [3.05, 3.63) is 64.2 Å². The summed E-state index contributed by atoms with van der Waals surface area (Å²) >= 11 is 0. The highest BCUT2D eigenvalue weighted by molar-refractivity contribution is 5.79. The minimum atomic E-state index is -0.941. The molecule has 1 N–H and O–H groups in total. The molecule has 0 aliphatic carbocycles. The highest BCUT2D eigenvalue weighted by Gasteiger charge is 2.26. The zero-order valence-corrected chi connectivity index (χ0v) is 18.4. The van der Waals surface area contributed by atoms with Gasteiger partial charge in [-0.25, -0.2) is 0 Å². The summed E-state index contributed by atoms with van der Waals surface area (Å²) in [4.78, 5) is 35.6. The maximum Gasteiger partial charge on any atom is 0.308 e. The van der Waals surface area contributed by atoms with Crippen LogP contribution in [0, 0.1) is 10.1 Å². The van der Waals surface area contributed by atoms with Crippen LogP contribution in [-0.4, -0.2) is 36.1 Å². The molecular formula is C23H28N2O7. The first kappa shape index (κ1) is 24.6. The number of hydrogen-bond donors (Lipinski definition) is 1. The van der Waals surface area contributed by atoms with Crippen LogP contribution in [-0.2, 0) is 14.3 Å². The molecule has 1 amide bonds. The van der Waals surface area contributed by atoms with Crippen molar-refractivity contribution < 1.29 is 28.7 Å². The number of carbonyl (C=O) groups excluding carboxylic acids is 2. The number of nitrogens with one attached hydrogen (secondary N) is 1. The van der Waals surface area contributed by atoms with E-state index in [1.165, 1.54) is 18.2 Å². The van der Waals surface area contributed by atoms with E-state index >= 15 is 0 Å². The molecule has 32 heavy (non-hydrogen) atoms. The summed E-state index contributed by atoms with van der Waals surface area (Å²) in [6, 6.07) is 11.8. The third kappa shape index (κ3) is 7.90. The van der Waals surface area contributed by atoms with Crippen molar-refractivity contribution in [2.24, 2.45) is 0 Å². The van der Waals surface area contributed by atoms with Gasteiger partial charge >= 0.3 is 5.97 Å². The molecule has 9 nitrogen and oxygen atoms in total. The molecule has 2 rings (SSSR count). The van der Waals surface area contributed by atoms with Crippen LogP contribution in [0.5, 0.6) is 11.5 Å². The largest absolute Gasteiger partial charge is 0.494 e. The van der Waals surface area contributed by atoms with Crippen LogP contribution in [0.15, 0.2) is 48.5 Å². The minimum absolute atomic E-state index is 0.196. The van der Waals surface area contributed by atoms with Crippen molar-refractivity contribution in [1.82, 2.24) is 5.32 Å². The third-order valence-electron chi connectivity index (χ3n) is 4.25. The molecule has 0 heterocycles. The maximum absolute atomic E-state index is 12.5. The molecular weight excluding hydrogens is 416 g/mol. The van der Waals surface area contributed by atoms with E-state index in [1.807, 2.05) is 6.92 Å². The van der Waals surface area contributed by atoms with Crippen LogP contribution >= 0.6 is 0 Å². The molecule has 9 heteroatoms. The van der Waals surface area contributed by atoms with Crippen molar-refractivity contribution in [2.75, 3.05) is 13.2 Å². The van der Waals surface area contributed by atoms with Gasteiger partial charge in [-0.2, -0.15) is 0 Å². The molecule has 1 unspecified atom stereocenters. The van der Waals surface area contributed by atoms with Gasteiger partial charge in [0.2, 0.25) is 0 Å². The summed E-state index contributed by atoms with van der Waals surface area (Å²) in [5.74, 6) is 0.0538. The smallest absolute Gasteiger partial charge is 0.308 e. The quantitative estimate of drug-likeness (QED) is 0.299. The number of nitro groups is 1. The molecule has 0 aromatic heterocycles. The Kier molecular flexibility index (Phi) is 9.46. The number of amides is 1. The molecule has 172 valence electrons. The number of rotatable bonds is 12. The highest BCUT2D eigenvalue weighted by Crippen LogP contribution is 2.27. The predicted molar refractivity (Wildman–Crippen MR) is 118 cm³/mol. The second-order valence-electron chi connectivity index (χ2n) is 7.29. The maximum atomic E-state index is 12.5. The zero-order chi connectivity index (χ0) is 23.5. The van der Waals surface area contributed by atoms with Gasteiger partial charge in [0.25, 0.3) is 11.6 Å². The van der Waals surface area contributed by atoms with Crippen LogP contribution in [0.1, 0.15) is 45.2 Å². The molecule has 0 aliphatic heterocycles. The van der Waals surface area contributed by atoms with Crippen LogP contribution in [0.2, 0.25) is 0 Å². The SMILES string of the molecule is CCCOc1ccc(OCC(=O)NC(CC(=O)OC(C)C)c2ccccc2[N+](=O)[O-])cc1. The Balaban J connectivity index is 2.07. The number of esters is 1. The Morgan fingerprint density at radius 2 is 1.66 bits per heavy atom. The average Bonchev–Trinajstić information content (AvgIpc) is 2.76. The molecule has 2 aromatic rings. The molecule has 0 saturated heterocycles. The third-order valence-corrected chi connectivity index (χ3v) is 4.25. The van der Waals surface area contributed by atoms with Gasteiger partial charge in [0, 0.05) is 6.07 Å². The van der Waals surface area contributed by atoms with Crippen molar-refractivity contribution in [1.29, 1.82) is 0 Å². The first-order chi connectivity index (χ1) is 15.3. The summed E-state index contributed by atoms with van der Waals surface area (Å²) in [5.41, 5.74) is 0.0164. The van der Waals surface area contributed by atoms with Gasteiger partial charge in [0.15, 0.2) is 6.61 Å². The van der Waals surface area contributed by atoms with Gasteiger partial charge in [-0.15, -0.1) is 0 Å². The highest BCUT2D eigenvalue weighted by atomic mass is 16.6. The van der Waals surface area contributed by atoms with Gasteiger partial charge in [0.1, 0.15) is 11.5 Å². The van der Waals surface area contributed by atoms with Gasteiger partial charge in [-0.1, -0.05) is 25.1 Å². The van der Waals surface area contributed by atoms with Crippen molar-refractivity contribution in [2.45, 2.75) is 45.8 Å². The predicted octanol–water partition coefficient (Wildman–Crippen LogP) is 3.96. The number of benzene rings is 2. The number of ether oxygens (including phenoxy) is 3. The fraction of sp³-hybridized carbons (Fsp3) is 0.391. The first-order valence-electron chi connectivity index (χ1n) is 10.4. The average molecular weight is 444 g/mol. The van der Waals surface area contributed by atoms with E-state index in [1.54, 1.807) is 44.2 Å². The lowest BCUT2D eigenvalue weighted by atomic mass is 10.0. The lowest BCUT2D eigenvalue weighted by molar-refractivity contribution is -0.385. The number of nitrogens with zero attached hydrogens (tertiary/aromatic N) is 1. The van der Waals surface area contributed by atoms with E-state index in [0.717, 1.165) is 6.42 Å². The van der Waals surface area contributed by atoms with Crippen LogP contribution in [0.4, 0.5) is 5.69 Å². The van der Waals surface area contributed by atoms with Crippen molar-refractivity contribution >= 4 is 17.6 Å².